The first kappa shape index (κ1) is 12.3. The second-order valence-corrected chi connectivity index (χ2v) is 3.06. The van der Waals surface area contributed by atoms with Gasteiger partial charge in [0.1, 0.15) is 17.3 Å². The molecule has 0 spiro atoms. The Labute approximate surface area is 92.2 Å². The third-order valence-corrected chi connectivity index (χ3v) is 1.80. The van der Waals surface area contributed by atoms with Crippen LogP contribution in [-0.4, -0.2) is 19.0 Å². The van der Waals surface area contributed by atoms with E-state index in [0.29, 0.717) is 6.54 Å². The highest BCUT2D eigenvalue weighted by atomic mass is 19.1. The van der Waals surface area contributed by atoms with Crippen molar-refractivity contribution in [2.45, 2.75) is 0 Å². The lowest BCUT2D eigenvalue weighted by Crippen LogP contribution is -2.28. The van der Waals surface area contributed by atoms with Crippen LogP contribution in [0.5, 0.6) is 0 Å². The number of para-hydroxylation sites is 1. The van der Waals surface area contributed by atoms with Crippen LogP contribution in [-0.2, 0) is 4.79 Å². The van der Waals surface area contributed by atoms with Crippen molar-refractivity contribution in [3.8, 4) is 0 Å². The van der Waals surface area contributed by atoms with Crippen molar-refractivity contribution in [2.24, 2.45) is 0 Å². The number of halogens is 2. The van der Waals surface area contributed by atoms with Crippen molar-refractivity contribution < 1.29 is 13.6 Å². The maximum absolute atomic E-state index is 13.1. The first-order chi connectivity index (χ1) is 7.65. The van der Waals surface area contributed by atoms with Gasteiger partial charge >= 0.3 is 0 Å². The molecule has 0 atom stereocenters. The Hall–Kier alpha value is -1.75. The van der Waals surface area contributed by atoms with Crippen LogP contribution >= 0.6 is 0 Å². The quantitative estimate of drug-likeness (QED) is 0.592. The second kappa shape index (κ2) is 5.97. The van der Waals surface area contributed by atoms with E-state index in [9.17, 15) is 13.6 Å². The molecule has 1 rings (SSSR count). The van der Waals surface area contributed by atoms with Gasteiger partial charge in [-0.3, -0.25) is 4.79 Å². The molecule has 1 aromatic rings. The van der Waals surface area contributed by atoms with Gasteiger partial charge in [0, 0.05) is 6.54 Å². The first-order valence-electron chi connectivity index (χ1n) is 4.70. The average Bonchev–Trinajstić information content (AvgIpc) is 2.24. The fourth-order valence-corrected chi connectivity index (χ4v) is 1.09. The van der Waals surface area contributed by atoms with Crippen molar-refractivity contribution >= 4 is 11.6 Å². The molecule has 0 fully saturated rings. The van der Waals surface area contributed by atoms with Crippen LogP contribution < -0.4 is 10.6 Å². The second-order valence-electron chi connectivity index (χ2n) is 3.06. The SMILES string of the molecule is C=CCNCC(=O)Nc1c(F)cccc1F. The number of anilines is 1. The topological polar surface area (TPSA) is 41.1 Å². The van der Waals surface area contributed by atoms with Crippen LogP contribution in [0, 0.1) is 11.6 Å². The lowest BCUT2D eigenvalue weighted by molar-refractivity contribution is -0.115. The van der Waals surface area contributed by atoms with Crippen molar-refractivity contribution in [2.75, 3.05) is 18.4 Å². The molecule has 0 aliphatic rings. The summed E-state index contributed by atoms with van der Waals surface area (Å²) >= 11 is 0. The molecule has 0 saturated heterocycles. The smallest absolute Gasteiger partial charge is 0.238 e. The molecule has 0 aliphatic carbocycles. The lowest BCUT2D eigenvalue weighted by atomic mass is 10.3. The summed E-state index contributed by atoms with van der Waals surface area (Å²) in [7, 11) is 0. The molecule has 0 radical (unpaired) electrons. The molecule has 0 heterocycles. The Bertz CT molecular complexity index is 373. The largest absolute Gasteiger partial charge is 0.320 e. The number of carbonyl (C=O) groups excluding carboxylic acids is 1. The minimum absolute atomic E-state index is 0.0280. The number of carbonyl (C=O) groups is 1. The van der Waals surface area contributed by atoms with Crippen LogP contribution in [0.4, 0.5) is 14.5 Å². The summed E-state index contributed by atoms with van der Waals surface area (Å²) in [4.78, 5) is 11.3. The van der Waals surface area contributed by atoms with Gasteiger partial charge in [0.25, 0.3) is 0 Å². The van der Waals surface area contributed by atoms with E-state index in [1.165, 1.54) is 6.07 Å². The van der Waals surface area contributed by atoms with E-state index in [1.807, 2.05) is 0 Å². The molecule has 1 aromatic carbocycles. The number of nitrogens with one attached hydrogen (secondary N) is 2. The number of benzene rings is 1. The zero-order chi connectivity index (χ0) is 12.0. The Balaban J connectivity index is 2.59. The first-order valence-corrected chi connectivity index (χ1v) is 4.70. The molecule has 1 amide bonds. The molecule has 0 aliphatic heterocycles. The van der Waals surface area contributed by atoms with Crippen molar-refractivity contribution in [1.29, 1.82) is 0 Å². The van der Waals surface area contributed by atoms with Crippen LogP contribution in [0.1, 0.15) is 0 Å². The van der Waals surface area contributed by atoms with Crippen LogP contribution in [0.25, 0.3) is 0 Å². The standard InChI is InChI=1S/C11H12F2N2O/c1-2-6-14-7-10(16)15-11-8(12)4-3-5-9(11)13/h2-5,14H,1,6-7H2,(H,15,16). The fourth-order valence-electron chi connectivity index (χ4n) is 1.09. The van der Waals surface area contributed by atoms with E-state index in [2.05, 4.69) is 17.2 Å². The highest BCUT2D eigenvalue weighted by Gasteiger charge is 2.10. The normalized spacial score (nSPS) is 9.88. The lowest BCUT2D eigenvalue weighted by Gasteiger charge is -2.07. The Morgan fingerprint density at radius 1 is 1.38 bits per heavy atom. The van der Waals surface area contributed by atoms with Crippen molar-refractivity contribution in [3.05, 3.63) is 42.5 Å². The average molecular weight is 226 g/mol. The molecule has 2 N–H and O–H groups in total. The highest BCUT2D eigenvalue weighted by molar-refractivity contribution is 5.92. The van der Waals surface area contributed by atoms with Crippen LogP contribution in [0.2, 0.25) is 0 Å². The van der Waals surface area contributed by atoms with E-state index in [-0.39, 0.29) is 6.54 Å². The highest BCUT2D eigenvalue weighted by Crippen LogP contribution is 2.17. The maximum atomic E-state index is 13.1. The molecule has 86 valence electrons. The van der Waals surface area contributed by atoms with Gasteiger partial charge in [0.05, 0.1) is 6.54 Å². The minimum Gasteiger partial charge on any atom is -0.320 e. The summed E-state index contributed by atoms with van der Waals surface area (Å²) in [6.45, 7) is 3.88. The van der Waals surface area contributed by atoms with E-state index < -0.39 is 23.2 Å². The third-order valence-electron chi connectivity index (χ3n) is 1.80. The molecular formula is C11H12F2N2O. The van der Waals surface area contributed by atoms with Crippen LogP contribution in [0.15, 0.2) is 30.9 Å². The van der Waals surface area contributed by atoms with E-state index >= 15 is 0 Å². The Morgan fingerprint density at radius 2 is 2.00 bits per heavy atom. The molecule has 0 unspecified atom stereocenters. The summed E-state index contributed by atoms with van der Waals surface area (Å²) in [5.74, 6) is -2.10. The number of hydrogen-bond donors (Lipinski definition) is 2. The molecule has 0 aromatic heterocycles. The van der Waals surface area contributed by atoms with Gasteiger partial charge in [-0.05, 0) is 12.1 Å². The summed E-state index contributed by atoms with van der Waals surface area (Å²) in [6, 6.07) is 3.39. The zero-order valence-electron chi connectivity index (χ0n) is 8.59. The van der Waals surface area contributed by atoms with Gasteiger partial charge in [-0.2, -0.15) is 0 Å². The van der Waals surface area contributed by atoms with E-state index in [1.54, 1.807) is 6.08 Å². The minimum atomic E-state index is -0.794. The van der Waals surface area contributed by atoms with Crippen LogP contribution in [0.3, 0.4) is 0 Å². The number of amides is 1. The van der Waals surface area contributed by atoms with Gasteiger partial charge in [0.2, 0.25) is 5.91 Å². The Morgan fingerprint density at radius 3 is 2.56 bits per heavy atom. The predicted molar refractivity (Wildman–Crippen MR) is 58.1 cm³/mol. The third kappa shape index (κ3) is 3.43. The number of hydrogen-bond acceptors (Lipinski definition) is 2. The maximum Gasteiger partial charge on any atom is 0.238 e. The fraction of sp³-hybridized carbons (Fsp3) is 0.182. The van der Waals surface area contributed by atoms with Gasteiger partial charge in [-0.15, -0.1) is 6.58 Å². The molecule has 3 nitrogen and oxygen atoms in total. The summed E-state index contributed by atoms with van der Waals surface area (Å²) in [5.41, 5.74) is -0.423. The summed E-state index contributed by atoms with van der Waals surface area (Å²) in [5, 5.41) is 4.87. The van der Waals surface area contributed by atoms with Gasteiger partial charge in [-0.1, -0.05) is 12.1 Å². The molecular weight excluding hydrogens is 214 g/mol. The van der Waals surface area contributed by atoms with E-state index in [4.69, 9.17) is 0 Å². The van der Waals surface area contributed by atoms with Crippen molar-refractivity contribution in [3.63, 3.8) is 0 Å². The van der Waals surface area contributed by atoms with Gasteiger partial charge in [-0.25, -0.2) is 8.78 Å². The number of rotatable bonds is 5. The Kier molecular flexibility index (Phi) is 4.60. The van der Waals surface area contributed by atoms with Crippen molar-refractivity contribution in [1.82, 2.24) is 5.32 Å². The molecule has 0 saturated carbocycles. The van der Waals surface area contributed by atoms with Gasteiger partial charge in [0.15, 0.2) is 0 Å². The van der Waals surface area contributed by atoms with E-state index in [0.717, 1.165) is 12.1 Å². The monoisotopic (exact) mass is 226 g/mol. The van der Waals surface area contributed by atoms with Gasteiger partial charge < -0.3 is 10.6 Å². The molecule has 5 heteroatoms. The summed E-state index contributed by atoms with van der Waals surface area (Å²) < 4.78 is 26.2. The zero-order valence-corrected chi connectivity index (χ0v) is 8.59. The molecule has 0 bridgehead atoms. The predicted octanol–water partition coefficient (Wildman–Crippen LogP) is 1.68. The summed E-state index contributed by atoms with van der Waals surface area (Å²) in [6.07, 6.45) is 1.58. The molecule has 16 heavy (non-hydrogen) atoms.